The summed E-state index contributed by atoms with van der Waals surface area (Å²) in [5.41, 5.74) is 1.41. The molecule has 146 valence electrons. The Morgan fingerprint density at radius 3 is 1.93 bits per heavy atom. The Morgan fingerprint density at radius 2 is 1.48 bits per heavy atom. The minimum Gasteiger partial charge on any atom is -0.337 e. The number of halogens is 1. The molecule has 0 saturated heterocycles. The summed E-state index contributed by atoms with van der Waals surface area (Å²) in [6.07, 6.45) is 1.51. The highest BCUT2D eigenvalue weighted by Gasteiger charge is 2.43. The average Bonchev–Trinajstić information content (AvgIpc) is 2.77. The van der Waals surface area contributed by atoms with Gasteiger partial charge in [-0.2, -0.15) is 5.26 Å². The molecule has 0 saturated carbocycles. The highest BCUT2D eigenvalue weighted by Crippen LogP contribution is 2.39. The van der Waals surface area contributed by atoms with Crippen molar-refractivity contribution in [3.63, 3.8) is 0 Å². The molecule has 0 spiro atoms. The van der Waals surface area contributed by atoms with Crippen molar-refractivity contribution in [2.75, 3.05) is 0 Å². The van der Waals surface area contributed by atoms with Crippen molar-refractivity contribution in [3.8, 4) is 6.07 Å². The SMILES string of the molecule is CCCC(C#N)C(NC(=O)c1ccc(Br)cc1)(c1ccccc1)c1ccccc1. The second-order valence-electron chi connectivity index (χ2n) is 6.97. The number of nitrogens with one attached hydrogen (secondary N) is 1. The van der Waals surface area contributed by atoms with Crippen molar-refractivity contribution in [2.45, 2.75) is 25.3 Å². The van der Waals surface area contributed by atoms with Crippen molar-refractivity contribution < 1.29 is 4.79 Å². The Labute approximate surface area is 180 Å². The first-order valence-electron chi connectivity index (χ1n) is 9.70. The predicted octanol–water partition coefficient (Wildman–Crippen LogP) is 6.06. The molecule has 1 unspecified atom stereocenters. The minimum atomic E-state index is -0.947. The molecule has 3 aromatic rings. The van der Waals surface area contributed by atoms with E-state index < -0.39 is 11.5 Å². The molecule has 0 aliphatic carbocycles. The lowest BCUT2D eigenvalue weighted by molar-refractivity contribution is 0.0892. The van der Waals surface area contributed by atoms with E-state index in [2.05, 4.69) is 34.2 Å². The van der Waals surface area contributed by atoms with Gasteiger partial charge in [0.2, 0.25) is 0 Å². The first-order chi connectivity index (χ1) is 14.1. The van der Waals surface area contributed by atoms with Gasteiger partial charge in [-0.05, 0) is 41.8 Å². The maximum absolute atomic E-state index is 13.3. The van der Waals surface area contributed by atoms with Crippen molar-refractivity contribution >= 4 is 21.8 Å². The average molecular weight is 447 g/mol. The van der Waals surface area contributed by atoms with Crippen molar-refractivity contribution in [1.82, 2.24) is 5.32 Å². The van der Waals surface area contributed by atoms with Gasteiger partial charge in [-0.3, -0.25) is 4.79 Å². The number of nitriles is 1. The first kappa shape index (κ1) is 20.8. The van der Waals surface area contributed by atoms with Crippen LogP contribution < -0.4 is 5.32 Å². The fourth-order valence-corrected chi connectivity index (χ4v) is 3.99. The fraction of sp³-hybridized carbons (Fsp3) is 0.200. The number of benzene rings is 3. The van der Waals surface area contributed by atoms with Crippen LogP contribution in [0.3, 0.4) is 0 Å². The molecule has 0 aromatic heterocycles. The van der Waals surface area contributed by atoms with E-state index in [0.29, 0.717) is 12.0 Å². The lowest BCUT2D eigenvalue weighted by atomic mass is 9.71. The van der Waals surface area contributed by atoms with Crippen LogP contribution in [-0.2, 0) is 5.54 Å². The summed E-state index contributed by atoms with van der Waals surface area (Å²) in [7, 11) is 0. The van der Waals surface area contributed by atoms with Crippen LogP contribution in [0.15, 0.2) is 89.4 Å². The van der Waals surface area contributed by atoms with Gasteiger partial charge < -0.3 is 5.32 Å². The zero-order chi connectivity index (χ0) is 20.7. The van der Waals surface area contributed by atoms with Gasteiger partial charge in [0.15, 0.2) is 0 Å². The zero-order valence-corrected chi connectivity index (χ0v) is 17.9. The third-order valence-corrected chi connectivity index (χ3v) is 5.66. The van der Waals surface area contributed by atoms with Crippen molar-refractivity contribution in [3.05, 3.63) is 106 Å². The highest BCUT2D eigenvalue weighted by molar-refractivity contribution is 9.10. The van der Waals surface area contributed by atoms with Crippen LogP contribution in [0.2, 0.25) is 0 Å². The number of rotatable bonds is 7. The summed E-state index contributed by atoms with van der Waals surface area (Å²) >= 11 is 3.41. The summed E-state index contributed by atoms with van der Waals surface area (Å²) in [6.45, 7) is 2.06. The third-order valence-electron chi connectivity index (χ3n) is 5.13. The molecular formula is C25H23BrN2O. The molecular weight excluding hydrogens is 424 g/mol. The standard InChI is InChI=1S/C25H23BrN2O/c1-2-9-22(18-27)25(20-10-5-3-6-11-20,21-12-7-4-8-13-21)28-24(29)19-14-16-23(26)17-15-19/h3-8,10-17,22H,2,9H2,1H3,(H,28,29). The van der Waals surface area contributed by atoms with Gasteiger partial charge in [0.25, 0.3) is 5.91 Å². The quantitative estimate of drug-likeness (QED) is 0.479. The van der Waals surface area contributed by atoms with Crippen LogP contribution in [0.4, 0.5) is 0 Å². The molecule has 1 amide bonds. The predicted molar refractivity (Wildman–Crippen MR) is 119 cm³/mol. The largest absolute Gasteiger partial charge is 0.337 e. The third kappa shape index (κ3) is 4.41. The second-order valence-corrected chi connectivity index (χ2v) is 7.89. The van der Waals surface area contributed by atoms with Gasteiger partial charge in [-0.25, -0.2) is 0 Å². The van der Waals surface area contributed by atoms with Gasteiger partial charge >= 0.3 is 0 Å². The zero-order valence-electron chi connectivity index (χ0n) is 16.3. The highest BCUT2D eigenvalue weighted by atomic mass is 79.9. The lowest BCUT2D eigenvalue weighted by Gasteiger charge is -2.39. The van der Waals surface area contributed by atoms with E-state index in [9.17, 15) is 10.1 Å². The van der Waals surface area contributed by atoms with E-state index in [0.717, 1.165) is 22.0 Å². The number of carbonyl (C=O) groups is 1. The molecule has 0 fully saturated rings. The van der Waals surface area contributed by atoms with Gasteiger partial charge in [0.1, 0.15) is 5.54 Å². The molecule has 0 radical (unpaired) electrons. The Hall–Kier alpha value is -2.90. The molecule has 3 rings (SSSR count). The van der Waals surface area contributed by atoms with E-state index in [1.807, 2.05) is 72.8 Å². The number of amides is 1. The van der Waals surface area contributed by atoms with Crippen LogP contribution in [0.1, 0.15) is 41.3 Å². The van der Waals surface area contributed by atoms with Crippen LogP contribution in [-0.4, -0.2) is 5.91 Å². The van der Waals surface area contributed by atoms with Gasteiger partial charge in [-0.1, -0.05) is 89.9 Å². The number of hydrogen-bond acceptors (Lipinski definition) is 2. The maximum Gasteiger partial charge on any atom is 0.252 e. The molecule has 0 bridgehead atoms. The molecule has 3 aromatic carbocycles. The van der Waals surface area contributed by atoms with E-state index in [1.54, 1.807) is 12.1 Å². The molecule has 3 nitrogen and oxygen atoms in total. The van der Waals surface area contributed by atoms with E-state index in [1.165, 1.54) is 0 Å². The van der Waals surface area contributed by atoms with Gasteiger partial charge in [0, 0.05) is 10.0 Å². The normalized spacial score (nSPS) is 12.0. The molecule has 1 N–H and O–H groups in total. The molecule has 0 aliphatic heterocycles. The minimum absolute atomic E-state index is 0.207. The Morgan fingerprint density at radius 1 is 0.966 bits per heavy atom. The van der Waals surface area contributed by atoms with Crippen LogP contribution in [0.5, 0.6) is 0 Å². The van der Waals surface area contributed by atoms with Crippen LogP contribution in [0, 0.1) is 17.2 Å². The van der Waals surface area contributed by atoms with Crippen molar-refractivity contribution in [1.29, 1.82) is 5.26 Å². The van der Waals surface area contributed by atoms with Crippen LogP contribution in [0.25, 0.3) is 0 Å². The monoisotopic (exact) mass is 446 g/mol. The second kappa shape index (κ2) is 9.54. The topological polar surface area (TPSA) is 52.9 Å². The van der Waals surface area contributed by atoms with E-state index in [4.69, 9.17) is 0 Å². The summed E-state index contributed by atoms with van der Waals surface area (Å²) in [4.78, 5) is 13.3. The van der Waals surface area contributed by atoms with E-state index in [-0.39, 0.29) is 5.91 Å². The summed E-state index contributed by atoms with van der Waals surface area (Å²) in [5.74, 6) is -0.627. The maximum atomic E-state index is 13.3. The van der Waals surface area contributed by atoms with Gasteiger partial charge in [-0.15, -0.1) is 0 Å². The van der Waals surface area contributed by atoms with Crippen LogP contribution >= 0.6 is 15.9 Å². The van der Waals surface area contributed by atoms with Gasteiger partial charge in [0.05, 0.1) is 12.0 Å². The number of hydrogen-bond donors (Lipinski definition) is 1. The fourth-order valence-electron chi connectivity index (χ4n) is 3.72. The molecule has 0 heterocycles. The Balaban J connectivity index is 2.19. The summed E-state index contributed by atoms with van der Waals surface area (Å²) in [5, 5.41) is 13.4. The summed E-state index contributed by atoms with van der Waals surface area (Å²) in [6, 6.07) is 29.3. The van der Waals surface area contributed by atoms with Crippen molar-refractivity contribution in [2.24, 2.45) is 5.92 Å². The Bertz CT molecular complexity index is 939. The molecule has 29 heavy (non-hydrogen) atoms. The Kier molecular flexibility index (Phi) is 6.85. The molecule has 1 atom stereocenters. The smallest absolute Gasteiger partial charge is 0.252 e. The molecule has 4 heteroatoms. The number of carbonyl (C=O) groups excluding carboxylic acids is 1. The van der Waals surface area contributed by atoms with E-state index >= 15 is 0 Å². The summed E-state index contributed by atoms with van der Waals surface area (Å²) < 4.78 is 0.910. The lowest BCUT2D eigenvalue weighted by Crippen LogP contribution is -2.51. The molecule has 0 aliphatic rings. The number of nitrogens with zero attached hydrogens (tertiary/aromatic N) is 1. The first-order valence-corrected chi connectivity index (χ1v) is 10.5.